The van der Waals surface area contributed by atoms with Gasteiger partial charge in [-0.3, -0.25) is 0 Å². The van der Waals surface area contributed by atoms with Crippen LogP contribution in [0.15, 0.2) is 12.3 Å². The number of halogens is 3. The van der Waals surface area contributed by atoms with Gasteiger partial charge in [-0.2, -0.15) is 13.2 Å². The van der Waals surface area contributed by atoms with E-state index in [9.17, 15) is 13.2 Å². The maximum absolute atomic E-state index is 12.8. The summed E-state index contributed by atoms with van der Waals surface area (Å²) in [4.78, 5) is 9.61. The molecule has 2 heterocycles. The summed E-state index contributed by atoms with van der Waals surface area (Å²) in [5, 5.41) is 3.29. The van der Waals surface area contributed by atoms with E-state index in [4.69, 9.17) is 0 Å². The summed E-state index contributed by atoms with van der Waals surface area (Å²) in [6.07, 6.45) is -1.19. The van der Waals surface area contributed by atoms with Gasteiger partial charge in [0.25, 0.3) is 0 Å². The van der Waals surface area contributed by atoms with Crippen molar-refractivity contribution in [3.8, 4) is 0 Å². The second-order valence-electron chi connectivity index (χ2n) is 5.68. The molecule has 2 rings (SSSR count). The molecule has 0 atom stereocenters. The average Bonchev–Trinajstić information content (AvgIpc) is 2.45. The molecule has 7 heteroatoms. The number of nitrogens with zero attached hydrogens (tertiary/aromatic N) is 3. The van der Waals surface area contributed by atoms with Gasteiger partial charge in [-0.1, -0.05) is 0 Å². The van der Waals surface area contributed by atoms with Crippen LogP contribution < -0.4 is 10.2 Å². The van der Waals surface area contributed by atoms with E-state index >= 15 is 0 Å². The standard InChI is InChI=1S/C14H21F3N4/c1-10(2)21(9-11-3-6-18-7-4-11)13-19-8-5-12(20-13)14(15,16)17/h5,8,10-11,18H,3-4,6-7,9H2,1-2H3. The summed E-state index contributed by atoms with van der Waals surface area (Å²) in [7, 11) is 0. The van der Waals surface area contributed by atoms with Gasteiger partial charge in [-0.25, -0.2) is 9.97 Å². The smallest absolute Gasteiger partial charge is 0.338 e. The lowest BCUT2D eigenvalue weighted by molar-refractivity contribution is -0.141. The van der Waals surface area contributed by atoms with Crippen LogP contribution in [0.5, 0.6) is 0 Å². The van der Waals surface area contributed by atoms with E-state index in [1.807, 2.05) is 18.7 Å². The summed E-state index contributed by atoms with van der Waals surface area (Å²) >= 11 is 0. The van der Waals surface area contributed by atoms with Gasteiger partial charge in [0.05, 0.1) is 0 Å². The molecular weight excluding hydrogens is 281 g/mol. The van der Waals surface area contributed by atoms with Gasteiger partial charge < -0.3 is 10.2 Å². The molecular formula is C14H21F3N4. The van der Waals surface area contributed by atoms with Crippen molar-refractivity contribution in [2.24, 2.45) is 5.92 Å². The topological polar surface area (TPSA) is 41.0 Å². The van der Waals surface area contributed by atoms with Crippen molar-refractivity contribution in [1.29, 1.82) is 0 Å². The van der Waals surface area contributed by atoms with Crippen LogP contribution in [0.25, 0.3) is 0 Å². The number of alkyl halides is 3. The van der Waals surface area contributed by atoms with Crippen LogP contribution in [-0.4, -0.2) is 35.6 Å². The van der Waals surface area contributed by atoms with Crippen LogP contribution in [0.4, 0.5) is 19.1 Å². The summed E-state index contributed by atoms with van der Waals surface area (Å²) in [5.41, 5.74) is -0.886. The Morgan fingerprint density at radius 3 is 2.57 bits per heavy atom. The first-order valence-corrected chi connectivity index (χ1v) is 7.25. The molecule has 0 unspecified atom stereocenters. The molecule has 0 aliphatic carbocycles. The normalized spacial score (nSPS) is 17.2. The third-order valence-electron chi connectivity index (χ3n) is 3.73. The van der Waals surface area contributed by atoms with E-state index < -0.39 is 11.9 Å². The quantitative estimate of drug-likeness (QED) is 0.928. The minimum atomic E-state index is -4.44. The number of nitrogens with one attached hydrogen (secondary N) is 1. The second-order valence-corrected chi connectivity index (χ2v) is 5.68. The predicted molar refractivity (Wildman–Crippen MR) is 75.1 cm³/mol. The van der Waals surface area contributed by atoms with Gasteiger partial charge in [0.2, 0.25) is 5.95 Å². The Labute approximate surface area is 122 Å². The molecule has 1 N–H and O–H groups in total. The Kier molecular flexibility index (Phi) is 5.03. The molecule has 0 bridgehead atoms. The zero-order chi connectivity index (χ0) is 15.5. The van der Waals surface area contributed by atoms with Crippen molar-refractivity contribution in [3.63, 3.8) is 0 Å². The number of aromatic nitrogens is 2. The van der Waals surface area contributed by atoms with Crippen LogP contribution >= 0.6 is 0 Å². The minimum Gasteiger partial charge on any atom is -0.338 e. The lowest BCUT2D eigenvalue weighted by Gasteiger charge is -2.33. The summed E-state index contributed by atoms with van der Waals surface area (Å²) in [5.74, 6) is 0.630. The molecule has 1 aliphatic rings. The lowest BCUT2D eigenvalue weighted by atomic mass is 9.97. The van der Waals surface area contributed by atoms with Crippen LogP contribution in [0.2, 0.25) is 0 Å². The highest BCUT2D eigenvalue weighted by molar-refractivity contribution is 5.32. The Morgan fingerprint density at radius 2 is 2.00 bits per heavy atom. The Bertz CT molecular complexity index is 456. The fourth-order valence-corrected chi connectivity index (χ4v) is 2.51. The van der Waals surface area contributed by atoms with Crippen molar-refractivity contribution < 1.29 is 13.2 Å². The van der Waals surface area contributed by atoms with Crippen molar-refractivity contribution in [3.05, 3.63) is 18.0 Å². The van der Waals surface area contributed by atoms with Gasteiger partial charge in [-0.15, -0.1) is 0 Å². The van der Waals surface area contributed by atoms with E-state index in [1.165, 1.54) is 6.20 Å². The molecule has 1 saturated heterocycles. The molecule has 0 saturated carbocycles. The van der Waals surface area contributed by atoms with E-state index in [1.54, 1.807) is 0 Å². The minimum absolute atomic E-state index is 0.0587. The maximum Gasteiger partial charge on any atom is 0.433 e. The Balaban J connectivity index is 2.17. The number of anilines is 1. The molecule has 1 aromatic rings. The number of piperidine rings is 1. The molecule has 21 heavy (non-hydrogen) atoms. The predicted octanol–water partition coefficient (Wildman–Crippen LogP) is 2.71. The molecule has 0 aromatic carbocycles. The number of hydrogen-bond acceptors (Lipinski definition) is 4. The van der Waals surface area contributed by atoms with E-state index in [0.29, 0.717) is 12.5 Å². The number of rotatable bonds is 4. The highest BCUT2D eigenvalue weighted by Gasteiger charge is 2.33. The van der Waals surface area contributed by atoms with Crippen molar-refractivity contribution in [2.45, 2.75) is 38.9 Å². The summed E-state index contributed by atoms with van der Waals surface area (Å²) < 4.78 is 38.3. The highest BCUT2D eigenvalue weighted by atomic mass is 19.4. The van der Waals surface area contributed by atoms with Gasteiger partial charge in [0, 0.05) is 18.8 Å². The van der Waals surface area contributed by atoms with Crippen LogP contribution in [0, 0.1) is 5.92 Å². The third kappa shape index (κ3) is 4.30. The Hall–Kier alpha value is -1.37. The van der Waals surface area contributed by atoms with E-state index in [-0.39, 0.29) is 12.0 Å². The van der Waals surface area contributed by atoms with Gasteiger partial charge in [-0.05, 0) is 51.8 Å². The third-order valence-corrected chi connectivity index (χ3v) is 3.73. The van der Waals surface area contributed by atoms with Crippen molar-refractivity contribution in [1.82, 2.24) is 15.3 Å². The average molecular weight is 302 g/mol. The molecule has 118 valence electrons. The van der Waals surface area contributed by atoms with Gasteiger partial charge >= 0.3 is 6.18 Å². The zero-order valence-electron chi connectivity index (χ0n) is 12.3. The first kappa shape index (κ1) is 16.0. The first-order chi connectivity index (χ1) is 9.88. The van der Waals surface area contributed by atoms with Crippen LogP contribution in [0.1, 0.15) is 32.4 Å². The van der Waals surface area contributed by atoms with Crippen molar-refractivity contribution >= 4 is 5.95 Å². The summed E-state index contributed by atoms with van der Waals surface area (Å²) in [6, 6.07) is 0.968. The lowest BCUT2D eigenvalue weighted by Crippen LogP contribution is -2.40. The molecule has 0 spiro atoms. The maximum atomic E-state index is 12.8. The number of hydrogen-bond donors (Lipinski definition) is 1. The molecule has 1 aliphatic heterocycles. The van der Waals surface area contributed by atoms with Gasteiger partial charge in [0.1, 0.15) is 5.69 Å². The molecule has 1 aromatic heterocycles. The van der Waals surface area contributed by atoms with Crippen LogP contribution in [-0.2, 0) is 6.18 Å². The van der Waals surface area contributed by atoms with E-state index in [0.717, 1.165) is 32.0 Å². The monoisotopic (exact) mass is 302 g/mol. The Morgan fingerprint density at radius 1 is 1.33 bits per heavy atom. The highest BCUT2D eigenvalue weighted by Crippen LogP contribution is 2.28. The molecule has 0 amide bonds. The zero-order valence-corrected chi connectivity index (χ0v) is 12.3. The van der Waals surface area contributed by atoms with Crippen molar-refractivity contribution in [2.75, 3.05) is 24.5 Å². The largest absolute Gasteiger partial charge is 0.433 e. The molecule has 1 fully saturated rings. The SMILES string of the molecule is CC(C)N(CC1CCNCC1)c1nccc(C(F)(F)F)n1. The van der Waals surface area contributed by atoms with Crippen LogP contribution in [0.3, 0.4) is 0 Å². The van der Waals surface area contributed by atoms with Gasteiger partial charge in [0.15, 0.2) is 0 Å². The fraction of sp³-hybridized carbons (Fsp3) is 0.714. The molecule has 4 nitrogen and oxygen atoms in total. The first-order valence-electron chi connectivity index (χ1n) is 7.25. The fourth-order valence-electron chi connectivity index (χ4n) is 2.51. The molecule has 0 radical (unpaired) electrons. The summed E-state index contributed by atoms with van der Waals surface area (Å²) in [6.45, 7) is 6.51. The second kappa shape index (κ2) is 6.60. The van der Waals surface area contributed by atoms with E-state index in [2.05, 4.69) is 15.3 Å².